The van der Waals surface area contributed by atoms with E-state index in [-0.39, 0.29) is 5.97 Å². The van der Waals surface area contributed by atoms with Crippen LogP contribution in [0.15, 0.2) is 24.3 Å². The van der Waals surface area contributed by atoms with Crippen molar-refractivity contribution in [2.24, 2.45) is 5.41 Å². The van der Waals surface area contributed by atoms with E-state index in [4.69, 9.17) is 4.74 Å². The second-order valence-corrected chi connectivity index (χ2v) is 5.74. The first-order valence-electron chi connectivity index (χ1n) is 6.64. The van der Waals surface area contributed by atoms with Crippen LogP contribution in [-0.2, 0) is 16.0 Å². The quantitative estimate of drug-likeness (QED) is 0.668. The van der Waals surface area contributed by atoms with E-state index in [0.29, 0.717) is 19.4 Å². The lowest BCUT2D eigenvalue weighted by molar-refractivity contribution is -0.163. The summed E-state index contributed by atoms with van der Waals surface area (Å²) in [5.74, 6) is -0.278. The van der Waals surface area contributed by atoms with Gasteiger partial charge in [-0.2, -0.15) is 0 Å². The van der Waals surface area contributed by atoms with Crippen molar-refractivity contribution in [1.29, 1.82) is 0 Å². The molecule has 0 unspecified atom stereocenters. The van der Waals surface area contributed by atoms with Gasteiger partial charge in [-0.05, 0) is 37.3 Å². The number of hydrogen-bond acceptors (Lipinski definition) is 3. The van der Waals surface area contributed by atoms with Crippen LogP contribution in [0.3, 0.4) is 0 Å². The van der Waals surface area contributed by atoms with E-state index in [0.717, 1.165) is 22.9 Å². The number of ether oxygens (including phenoxy) is 1. The normalized spacial score (nSPS) is 25.1. The summed E-state index contributed by atoms with van der Waals surface area (Å²) in [7, 11) is 0. The number of aliphatic hydroxyl groups is 1. The van der Waals surface area contributed by atoms with Crippen LogP contribution in [0.4, 0.5) is 0 Å². The van der Waals surface area contributed by atoms with E-state index in [9.17, 15) is 9.90 Å². The number of esters is 1. The van der Waals surface area contributed by atoms with Gasteiger partial charge in [0.05, 0.1) is 12.7 Å². The molecule has 1 aromatic carbocycles. The Kier molecular flexibility index (Phi) is 4.63. The molecule has 1 aromatic rings. The number of alkyl halides is 1. The first-order valence-corrected chi connectivity index (χ1v) is 7.77. The minimum absolute atomic E-state index is 0.278. The van der Waals surface area contributed by atoms with Gasteiger partial charge < -0.3 is 9.84 Å². The van der Waals surface area contributed by atoms with Gasteiger partial charge in [0.15, 0.2) is 0 Å². The highest BCUT2D eigenvalue weighted by Gasteiger charge is 2.51. The molecule has 0 heterocycles. The molecule has 0 aromatic heterocycles. The summed E-state index contributed by atoms with van der Waals surface area (Å²) < 4.78 is 5.21. The van der Waals surface area contributed by atoms with E-state index < -0.39 is 11.5 Å². The standard InChI is InChI=1S/C15H19BrO3/c1-2-19-14(18)15(8-5-9-16)10-11-6-3-4-7-12(11)13(15)17/h3-4,6-7,13,17H,2,5,8-10H2,1H3/t13-,15+/m0/s1. The Morgan fingerprint density at radius 2 is 2.26 bits per heavy atom. The van der Waals surface area contributed by atoms with Crippen LogP contribution in [0, 0.1) is 5.41 Å². The molecule has 0 amide bonds. The highest BCUT2D eigenvalue weighted by atomic mass is 79.9. The van der Waals surface area contributed by atoms with E-state index in [1.165, 1.54) is 0 Å². The van der Waals surface area contributed by atoms with Gasteiger partial charge in [0.1, 0.15) is 5.41 Å². The van der Waals surface area contributed by atoms with Crippen molar-refractivity contribution < 1.29 is 14.6 Å². The minimum Gasteiger partial charge on any atom is -0.465 e. The molecule has 0 fully saturated rings. The molecule has 0 radical (unpaired) electrons. The first kappa shape index (κ1) is 14.5. The van der Waals surface area contributed by atoms with Crippen LogP contribution in [0.5, 0.6) is 0 Å². The van der Waals surface area contributed by atoms with Gasteiger partial charge in [0.25, 0.3) is 0 Å². The predicted octanol–water partition coefficient (Wildman–Crippen LogP) is 3.00. The lowest BCUT2D eigenvalue weighted by atomic mass is 9.78. The third kappa shape index (κ3) is 2.56. The third-order valence-electron chi connectivity index (χ3n) is 3.82. The van der Waals surface area contributed by atoms with Gasteiger partial charge in [-0.1, -0.05) is 40.2 Å². The average molecular weight is 327 g/mol. The zero-order valence-corrected chi connectivity index (χ0v) is 12.6. The smallest absolute Gasteiger partial charge is 0.315 e. The molecule has 1 aliphatic rings. The van der Waals surface area contributed by atoms with E-state index >= 15 is 0 Å². The Morgan fingerprint density at radius 1 is 1.53 bits per heavy atom. The predicted molar refractivity (Wildman–Crippen MR) is 77.2 cm³/mol. The monoisotopic (exact) mass is 326 g/mol. The molecule has 0 bridgehead atoms. The Balaban J connectivity index is 2.33. The molecular formula is C15H19BrO3. The summed E-state index contributed by atoms with van der Waals surface area (Å²) in [4.78, 5) is 12.4. The Hall–Kier alpha value is -0.870. The molecule has 0 saturated carbocycles. The largest absolute Gasteiger partial charge is 0.465 e. The Morgan fingerprint density at radius 3 is 2.89 bits per heavy atom. The molecule has 4 heteroatoms. The molecule has 1 aliphatic carbocycles. The topological polar surface area (TPSA) is 46.5 Å². The maximum absolute atomic E-state index is 12.4. The van der Waals surface area contributed by atoms with Crippen LogP contribution in [0.2, 0.25) is 0 Å². The van der Waals surface area contributed by atoms with Crippen molar-refractivity contribution in [2.75, 3.05) is 11.9 Å². The summed E-state index contributed by atoms with van der Waals surface area (Å²) in [5, 5.41) is 11.4. The zero-order valence-electron chi connectivity index (χ0n) is 11.1. The lowest BCUT2D eigenvalue weighted by Gasteiger charge is -2.30. The maximum Gasteiger partial charge on any atom is 0.315 e. The fourth-order valence-corrected chi connectivity index (χ4v) is 3.14. The molecule has 19 heavy (non-hydrogen) atoms. The summed E-state index contributed by atoms with van der Waals surface area (Å²) in [6.07, 6.45) is 1.27. The Labute approximate surface area is 122 Å². The molecule has 2 atom stereocenters. The third-order valence-corrected chi connectivity index (χ3v) is 4.38. The molecule has 0 saturated heterocycles. The van der Waals surface area contributed by atoms with Crippen molar-refractivity contribution in [3.63, 3.8) is 0 Å². The number of rotatable bonds is 5. The van der Waals surface area contributed by atoms with Gasteiger partial charge in [-0.3, -0.25) is 4.79 Å². The SMILES string of the molecule is CCOC(=O)[C@]1(CCCBr)Cc2ccccc2[C@@H]1O. The van der Waals surface area contributed by atoms with Gasteiger partial charge >= 0.3 is 5.97 Å². The van der Waals surface area contributed by atoms with Crippen molar-refractivity contribution in [2.45, 2.75) is 32.3 Å². The molecular weight excluding hydrogens is 308 g/mol. The number of hydrogen-bond donors (Lipinski definition) is 1. The van der Waals surface area contributed by atoms with Gasteiger partial charge in [0, 0.05) is 5.33 Å². The second-order valence-electron chi connectivity index (χ2n) is 4.95. The van der Waals surface area contributed by atoms with E-state index in [1.54, 1.807) is 6.92 Å². The van der Waals surface area contributed by atoms with Crippen LogP contribution < -0.4 is 0 Å². The molecule has 3 nitrogen and oxygen atoms in total. The summed E-state index contributed by atoms with van der Waals surface area (Å²) in [6.45, 7) is 2.14. The van der Waals surface area contributed by atoms with Crippen LogP contribution in [0.1, 0.15) is 37.0 Å². The van der Waals surface area contributed by atoms with Crippen molar-refractivity contribution in [3.8, 4) is 0 Å². The summed E-state index contributed by atoms with van der Waals surface area (Å²) in [6, 6.07) is 7.72. The molecule has 0 spiro atoms. The number of fused-ring (bicyclic) bond motifs is 1. The number of carbonyl (C=O) groups is 1. The number of carbonyl (C=O) groups excluding carboxylic acids is 1. The van der Waals surface area contributed by atoms with Crippen molar-refractivity contribution >= 4 is 21.9 Å². The molecule has 0 aliphatic heterocycles. The first-order chi connectivity index (χ1) is 9.15. The Bertz CT molecular complexity index is 460. The molecule has 2 rings (SSSR count). The van der Waals surface area contributed by atoms with Gasteiger partial charge in [-0.15, -0.1) is 0 Å². The minimum atomic E-state index is -0.812. The van der Waals surface area contributed by atoms with Gasteiger partial charge in [0.2, 0.25) is 0 Å². The van der Waals surface area contributed by atoms with Crippen molar-refractivity contribution in [1.82, 2.24) is 0 Å². The van der Waals surface area contributed by atoms with E-state index in [2.05, 4.69) is 15.9 Å². The maximum atomic E-state index is 12.4. The fourth-order valence-electron chi connectivity index (χ4n) is 2.86. The van der Waals surface area contributed by atoms with E-state index in [1.807, 2.05) is 24.3 Å². The van der Waals surface area contributed by atoms with Crippen LogP contribution >= 0.6 is 15.9 Å². The summed E-state index contributed by atoms with van der Waals surface area (Å²) >= 11 is 3.39. The lowest BCUT2D eigenvalue weighted by Crippen LogP contribution is -2.37. The number of benzene rings is 1. The van der Waals surface area contributed by atoms with Crippen LogP contribution in [0.25, 0.3) is 0 Å². The van der Waals surface area contributed by atoms with Crippen molar-refractivity contribution in [3.05, 3.63) is 35.4 Å². The highest BCUT2D eigenvalue weighted by Crippen LogP contribution is 2.49. The highest BCUT2D eigenvalue weighted by molar-refractivity contribution is 9.09. The second kappa shape index (κ2) is 6.06. The fraction of sp³-hybridized carbons (Fsp3) is 0.533. The zero-order chi connectivity index (χ0) is 13.9. The summed E-state index contributed by atoms with van der Waals surface area (Å²) in [5.41, 5.74) is 1.11. The number of halogens is 1. The number of aliphatic hydroxyl groups excluding tert-OH is 1. The van der Waals surface area contributed by atoms with Crippen LogP contribution in [-0.4, -0.2) is 23.0 Å². The molecule has 104 valence electrons. The molecule has 1 N–H and O–H groups in total. The average Bonchev–Trinajstić information content (AvgIpc) is 2.71. The van der Waals surface area contributed by atoms with Gasteiger partial charge in [-0.25, -0.2) is 0 Å².